The summed E-state index contributed by atoms with van der Waals surface area (Å²) in [6, 6.07) is 7.47. The second-order valence-corrected chi connectivity index (χ2v) is 9.68. The van der Waals surface area contributed by atoms with Gasteiger partial charge in [-0.3, -0.25) is 4.79 Å². The van der Waals surface area contributed by atoms with Gasteiger partial charge in [-0.15, -0.1) is 0 Å². The highest BCUT2D eigenvalue weighted by Crippen LogP contribution is 2.36. The van der Waals surface area contributed by atoms with Gasteiger partial charge in [0.1, 0.15) is 18.6 Å². The number of carbonyl (C=O) groups excluding carboxylic acids is 1. The number of hydrogen-bond acceptors (Lipinski definition) is 5. The first-order chi connectivity index (χ1) is 13.8. The first-order valence-electron chi connectivity index (χ1n) is 9.40. The van der Waals surface area contributed by atoms with E-state index in [-0.39, 0.29) is 34.4 Å². The predicted octanol–water partition coefficient (Wildman–Crippen LogP) is 3.72. The highest BCUT2D eigenvalue weighted by Gasteiger charge is 2.37. The Morgan fingerprint density at radius 3 is 2.31 bits per heavy atom. The molecule has 2 aliphatic carbocycles. The van der Waals surface area contributed by atoms with Crippen LogP contribution in [0.4, 0.5) is 14.6 Å². The largest absolute Gasteiger partial charge is 0.363 e. The molecule has 2 atom stereocenters. The first kappa shape index (κ1) is 19.8. The van der Waals surface area contributed by atoms with Gasteiger partial charge in [0.05, 0.1) is 10.1 Å². The third kappa shape index (κ3) is 4.24. The normalized spacial score (nSPS) is 25.2. The summed E-state index contributed by atoms with van der Waals surface area (Å²) in [6.07, 6.45) is 1.05. The number of amides is 1. The Kier molecular flexibility index (Phi) is 5.24. The summed E-state index contributed by atoms with van der Waals surface area (Å²) in [4.78, 5) is 13.0. The molecule has 4 rings (SSSR count). The van der Waals surface area contributed by atoms with Crippen LogP contribution in [0.2, 0.25) is 0 Å². The molecule has 29 heavy (non-hydrogen) atoms. The van der Waals surface area contributed by atoms with Crippen molar-refractivity contribution in [2.24, 2.45) is 5.92 Å². The summed E-state index contributed by atoms with van der Waals surface area (Å²) in [6.45, 7) is 0. The predicted molar refractivity (Wildman–Crippen MR) is 102 cm³/mol. The molecule has 0 spiro atoms. The number of anilines is 1. The Labute approximate surface area is 166 Å². The summed E-state index contributed by atoms with van der Waals surface area (Å²) < 4.78 is 56.6. The number of benzene rings is 1. The average molecular weight is 422 g/mol. The number of carbonyl (C=O) groups is 1. The number of alkyl halides is 2. The molecule has 1 amide bonds. The van der Waals surface area contributed by atoms with Gasteiger partial charge in [0.2, 0.25) is 0 Å². The van der Waals surface area contributed by atoms with Crippen molar-refractivity contribution in [1.29, 1.82) is 0 Å². The van der Waals surface area contributed by atoms with E-state index in [9.17, 15) is 22.0 Å². The summed E-state index contributed by atoms with van der Waals surface area (Å²) in [5, 5.41) is 5.87. The third-order valence-electron chi connectivity index (χ3n) is 5.23. The van der Waals surface area contributed by atoms with Crippen molar-refractivity contribution in [3.05, 3.63) is 48.2 Å². The Balaban J connectivity index is 1.63. The van der Waals surface area contributed by atoms with E-state index in [2.05, 4.69) is 10.5 Å². The van der Waals surface area contributed by atoms with Crippen molar-refractivity contribution < 1.29 is 26.5 Å². The van der Waals surface area contributed by atoms with Crippen LogP contribution in [0.25, 0.3) is 5.57 Å². The smallest absolute Gasteiger partial charge is 0.257 e. The fraction of sp³-hybridized carbons (Fsp3) is 0.400. The van der Waals surface area contributed by atoms with E-state index in [0.29, 0.717) is 18.4 Å². The zero-order valence-electron chi connectivity index (χ0n) is 15.4. The van der Waals surface area contributed by atoms with Crippen molar-refractivity contribution in [2.75, 3.05) is 5.32 Å². The van der Waals surface area contributed by atoms with Crippen LogP contribution < -0.4 is 5.32 Å². The Morgan fingerprint density at radius 1 is 1.10 bits per heavy atom. The molecule has 1 N–H and O–H groups in total. The lowest BCUT2D eigenvalue weighted by molar-refractivity contribution is -0.111. The van der Waals surface area contributed by atoms with Crippen LogP contribution in [-0.4, -0.2) is 37.1 Å². The minimum atomic E-state index is -3.35. The number of hydrogen-bond donors (Lipinski definition) is 1. The zero-order valence-corrected chi connectivity index (χ0v) is 16.2. The summed E-state index contributed by atoms with van der Waals surface area (Å²) >= 11 is 0. The maximum Gasteiger partial charge on any atom is 0.257 e. The van der Waals surface area contributed by atoms with Gasteiger partial charge in [0.15, 0.2) is 15.7 Å². The molecule has 1 aromatic carbocycles. The van der Waals surface area contributed by atoms with Gasteiger partial charge in [0, 0.05) is 11.6 Å². The molecule has 2 fully saturated rings. The molecule has 0 saturated heterocycles. The molecule has 9 heteroatoms. The number of allylic oxidation sites excluding steroid dienone is 1. The maximum absolute atomic E-state index is 13.6. The minimum Gasteiger partial charge on any atom is -0.363 e. The third-order valence-corrected chi connectivity index (χ3v) is 7.51. The molecule has 1 aromatic heterocycles. The molecular weight excluding hydrogens is 402 g/mol. The lowest BCUT2D eigenvalue weighted by atomic mass is 9.98. The van der Waals surface area contributed by atoms with Gasteiger partial charge >= 0.3 is 0 Å². The second-order valence-electron chi connectivity index (χ2n) is 7.45. The maximum atomic E-state index is 13.6. The molecule has 1 heterocycles. The van der Waals surface area contributed by atoms with Gasteiger partial charge in [-0.25, -0.2) is 17.2 Å². The topological polar surface area (TPSA) is 89.3 Å². The molecule has 154 valence electrons. The minimum absolute atomic E-state index is 0.00392. The number of nitrogens with zero attached hydrogens (tertiary/aromatic N) is 1. The molecule has 2 saturated carbocycles. The molecule has 2 aliphatic rings. The highest BCUT2D eigenvalue weighted by molar-refractivity contribution is 7.92. The lowest BCUT2D eigenvalue weighted by Crippen LogP contribution is -2.15. The standard InChI is InChI=1S/C20H20F2N2O4S/c21-17-10-12(11-18(17)22)9-16(20(25)23-19-7-8-28-24-19)13-1-3-14(4-2-13)29(26,27)15-5-6-15/h1-4,7-9,12,15,17-18H,5-6,10-11H2,(H,23,24,25)/b16-9+. The Morgan fingerprint density at radius 2 is 1.76 bits per heavy atom. The Hall–Kier alpha value is -2.55. The number of rotatable bonds is 6. The molecule has 0 radical (unpaired) electrons. The van der Waals surface area contributed by atoms with E-state index in [1.165, 1.54) is 36.6 Å². The van der Waals surface area contributed by atoms with E-state index in [1.54, 1.807) is 6.08 Å². The van der Waals surface area contributed by atoms with Crippen molar-refractivity contribution >= 4 is 27.1 Å². The molecule has 6 nitrogen and oxygen atoms in total. The molecule has 0 aliphatic heterocycles. The summed E-state index contributed by atoms with van der Waals surface area (Å²) in [5.41, 5.74) is 0.660. The van der Waals surface area contributed by atoms with Crippen LogP contribution >= 0.6 is 0 Å². The van der Waals surface area contributed by atoms with E-state index < -0.39 is 34.0 Å². The van der Waals surface area contributed by atoms with Crippen LogP contribution in [0.1, 0.15) is 31.2 Å². The van der Waals surface area contributed by atoms with Crippen LogP contribution in [0, 0.1) is 5.92 Å². The fourth-order valence-electron chi connectivity index (χ4n) is 3.50. The molecule has 0 bridgehead atoms. The van der Waals surface area contributed by atoms with Gasteiger partial charge in [-0.2, -0.15) is 0 Å². The van der Waals surface area contributed by atoms with Gasteiger partial charge in [-0.05, 0) is 49.3 Å². The SMILES string of the molecule is O=C(Nc1ccon1)/C(=C/C1CC(F)C(F)C1)c1ccc(S(=O)(=O)C2CC2)cc1. The monoisotopic (exact) mass is 422 g/mol. The molecular formula is C20H20F2N2O4S. The van der Waals surface area contributed by atoms with Crippen LogP contribution in [-0.2, 0) is 14.6 Å². The number of aromatic nitrogens is 1. The van der Waals surface area contributed by atoms with E-state index >= 15 is 0 Å². The quantitative estimate of drug-likeness (QED) is 0.717. The summed E-state index contributed by atoms with van der Waals surface area (Å²) in [7, 11) is -3.35. The second kappa shape index (κ2) is 7.70. The number of sulfone groups is 1. The van der Waals surface area contributed by atoms with Crippen molar-refractivity contribution in [3.63, 3.8) is 0 Å². The van der Waals surface area contributed by atoms with Crippen LogP contribution in [0.15, 0.2) is 52.1 Å². The molecule has 2 unspecified atom stereocenters. The fourth-order valence-corrected chi connectivity index (χ4v) is 5.16. The zero-order chi connectivity index (χ0) is 20.6. The van der Waals surface area contributed by atoms with Crippen LogP contribution in [0.3, 0.4) is 0 Å². The van der Waals surface area contributed by atoms with Crippen molar-refractivity contribution in [3.8, 4) is 0 Å². The number of halogens is 2. The number of nitrogens with one attached hydrogen (secondary N) is 1. The van der Waals surface area contributed by atoms with Gasteiger partial charge in [0.25, 0.3) is 5.91 Å². The summed E-state index contributed by atoms with van der Waals surface area (Å²) in [5.74, 6) is -0.755. The van der Waals surface area contributed by atoms with E-state index in [4.69, 9.17) is 4.52 Å². The van der Waals surface area contributed by atoms with Gasteiger partial charge in [-0.1, -0.05) is 23.4 Å². The van der Waals surface area contributed by atoms with Gasteiger partial charge < -0.3 is 9.84 Å². The Bertz CT molecular complexity index is 1010. The molecule has 2 aromatic rings. The lowest BCUT2D eigenvalue weighted by Gasteiger charge is -2.12. The average Bonchev–Trinajstić information content (AvgIpc) is 3.36. The van der Waals surface area contributed by atoms with E-state index in [0.717, 1.165) is 0 Å². The highest BCUT2D eigenvalue weighted by atomic mass is 32.2. The van der Waals surface area contributed by atoms with Crippen molar-refractivity contribution in [1.82, 2.24) is 5.16 Å². The van der Waals surface area contributed by atoms with E-state index in [1.807, 2.05) is 0 Å². The van der Waals surface area contributed by atoms with Crippen molar-refractivity contribution in [2.45, 2.75) is 48.2 Å². The first-order valence-corrected chi connectivity index (χ1v) is 11.0. The van der Waals surface area contributed by atoms with Crippen LogP contribution in [0.5, 0.6) is 0 Å².